The average Bonchev–Trinajstić information content (AvgIpc) is 2.49. The fourth-order valence-corrected chi connectivity index (χ4v) is 2.12. The van der Waals surface area contributed by atoms with Gasteiger partial charge in [-0.25, -0.2) is 9.97 Å². The molecule has 0 radical (unpaired) electrons. The van der Waals surface area contributed by atoms with E-state index in [1.807, 2.05) is 13.8 Å². The molecule has 0 aliphatic heterocycles. The van der Waals surface area contributed by atoms with Gasteiger partial charge >= 0.3 is 0 Å². The van der Waals surface area contributed by atoms with Crippen LogP contribution in [-0.2, 0) is 12.8 Å². The van der Waals surface area contributed by atoms with E-state index in [0.29, 0.717) is 4.47 Å². The Morgan fingerprint density at radius 2 is 2.00 bits per heavy atom. The molecular formula is C13H15BrN6O. The zero-order valence-electron chi connectivity index (χ0n) is 11.7. The van der Waals surface area contributed by atoms with Crippen LogP contribution in [0.3, 0.4) is 0 Å². The first kappa shape index (κ1) is 15.3. The summed E-state index contributed by atoms with van der Waals surface area (Å²) in [5.74, 6) is -0.118. The molecule has 0 unspecified atom stereocenters. The smallest absolute Gasteiger partial charge is 0.261 e. The summed E-state index contributed by atoms with van der Waals surface area (Å²) in [5.41, 5.74) is 7.61. The van der Waals surface area contributed by atoms with Gasteiger partial charge in [-0.1, -0.05) is 13.8 Å². The maximum absolute atomic E-state index is 12.2. The zero-order chi connectivity index (χ0) is 15.4. The van der Waals surface area contributed by atoms with E-state index in [0.717, 1.165) is 24.2 Å². The number of hydrogen-bond acceptors (Lipinski definition) is 6. The summed E-state index contributed by atoms with van der Waals surface area (Å²) in [4.78, 5) is 20.4. The summed E-state index contributed by atoms with van der Waals surface area (Å²) in [6, 6.07) is 1.59. The second-order valence-electron chi connectivity index (χ2n) is 4.28. The molecule has 3 N–H and O–H groups in total. The minimum absolute atomic E-state index is 0.143. The molecule has 2 rings (SSSR count). The Morgan fingerprint density at radius 1 is 1.29 bits per heavy atom. The number of nitrogens with zero attached hydrogens (tertiary/aromatic N) is 4. The normalized spacial score (nSPS) is 10.4. The van der Waals surface area contributed by atoms with Crippen LogP contribution in [0.25, 0.3) is 0 Å². The van der Waals surface area contributed by atoms with Crippen LogP contribution in [-0.4, -0.2) is 26.1 Å². The van der Waals surface area contributed by atoms with Gasteiger partial charge in [0.1, 0.15) is 5.82 Å². The lowest BCUT2D eigenvalue weighted by molar-refractivity contribution is 0.102. The van der Waals surface area contributed by atoms with Crippen molar-refractivity contribution in [1.82, 2.24) is 20.2 Å². The van der Waals surface area contributed by atoms with Crippen LogP contribution in [0.5, 0.6) is 0 Å². The van der Waals surface area contributed by atoms with Gasteiger partial charge in [-0.3, -0.25) is 10.1 Å². The summed E-state index contributed by atoms with van der Waals surface area (Å²) < 4.78 is 0.663. The van der Waals surface area contributed by atoms with Gasteiger partial charge in [0.2, 0.25) is 5.95 Å². The minimum atomic E-state index is -0.422. The Hall–Kier alpha value is -2.09. The van der Waals surface area contributed by atoms with Gasteiger partial charge in [0.05, 0.1) is 17.0 Å². The van der Waals surface area contributed by atoms with Crippen LogP contribution >= 0.6 is 15.9 Å². The van der Waals surface area contributed by atoms with Crippen molar-refractivity contribution < 1.29 is 4.79 Å². The molecule has 2 aromatic heterocycles. The van der Waals surface area contributed by atoms with Gasteiger partial charge in [0, 0.05) is 10.7 Å². The molecule has 0 saturated carbocycles. The third kappa shape index (κ3) is 3.52. The van der Waals surface area contributed by atoms with Crippen LogP contribution in [0, 0.1) is 0 Å². The first-order chi connectivity index (χ1) is 10.0. The van der Waals surface area contributed by atoms with Crippen LogP contribution < -0.4 is 11.1 Å². The highest BCUT2D eigenvalue weighted by Crippen LogP contribution is 2.16. The first-order valence-corrected chi connectivity index (χ1v) is 7.29. The van der Waals surface area contributed by atoms with Gasteiger partial charge in [-0.2, -0.15) is 0 Å². The fraction of sp³-hybridized carbons (Fsp3) is 0.308. The number of nitrogens with two attached hydrogens (primary N) is 1. The highest BCUT2D eigenvalue weighted by Gasteiger charge is 2.14. The maximum atomic E-state index is 12.2. The molecular weight excluding hydrogens is 336 g/mol. The van der Waals surface area contributed by atoms with E-state index in [1.165, 1.54) is 6.20 Å². The lowest BCUT2D eigenvalue weighted by atomic mass is 10.2. The molecule has 0 fully saturated rings. The van der Waals surface area contributed by atoms with Crippen molar-refractivity contribution in [2.75, 3.05) is 11.1 Å². The Bertz CT molecular complexity index is 676. The number of aromatic nitrogens is 4. The largest absolute Gasteiger partial charge is 0.383 e. The van der Waals surface area contributed by atoms with Gasteiger partial charge in [-0.15, -0.1) is 10.2 Å². The SMILES string of the molecule is CCc1nnc(NC(=O)c2cc(Br)cnc2N)nc1CC. The number of anilines is 2. The average molecular weight is 351 g/mol. The van der Waals surface area contributed by atoms with E-state index < -0.39 is 5.91 Å². The highest BCUT2D eigenvalue weighted by atomic mass is 79.9. The maximum Gasteiger partial charge on any atom is 0.261 e. The second kappa shape index (κ2) is 6.57. The molecule has 1 amide bonds. The van der Waals surface area contributed by atoms with E-state index in [9.17, 15) is 4.79 Å². The highest BCUT2D eigenvalue weighted by molar-refractivity contribution is 9.10. The molecule has 0 saturated heterocycles. The second-order valence-corrected chi connectivity index (χ2v) is 5.19. The number of carbonyl (C=O) groups is 1. The third-order valence-electron chi connectivity index (χ3n) is 2.86. The summed E-state index contributed by atoms with van der Waals surface area (Å²) in [6.07, 6.45) is 3.00. The summed E-state index contributed by atoms with van der Waals surface area (Å²) in [7, 11) is 0. The van der Waals surface area contributed by atoms with Crippen molar-refractivity contribution in [3.8, 4) is 0 Å². The Labute approximate surface area is 130 Å². The van der Waals surface area contributed by atoms with Gasteiger partial charge in [0.15, 0.2) is 0 Å². The van der Waals surface area contributed by atoms with Crippen LogP contribution in [0.1, 0.15) is 35.6 Å². The Morgan fingerprint density at radius 3 is 2.67 bits per heavy atom. The van der Waals surface area contributed by atoms with E-state index in [-0.39, 0.29) is 17.3 Å². The van der Waals surface area contributed by atoms with Crippen molar-refractivity contribution in [3.05, 3.63) is 33.7 Å². The molecule has 2 heterocycles. The molecule has 0 spiro atoms. The molecule has 7 nitrogen and oxygen atoms in total. The van der Waals surface area contributed by atoms with Gasteiger partial charge in [0.25, 0.3) is 5.91 Å². The summed E-state index contributed by atoms with van der Waals surface area (Å²) >= 11 is 3.25. The predicted octanol–water partition coefficient (Wildman–Crippen LogP) is 1.99. The van der Waals surface area contributed by atoms with Gasteiger partial charge in [-0.05, 0) is 34.8 Å². The van der Waals surface area contributed by atoms with Crippen LogP contribution in [0.15, 0.2) is 16.7 Å². The predicted molar refractivity (Wildman–Crippen MR) is 82.9 cm³/mol. The molecule has 110 valence electrons. The van der Waals surface area contributed by atoms with E-state index in [1.54, 1.807) is 6.07 Å². The van der Waals surface area contributed by atoms with Crippen molar-refractivity contribution >= 4 is 33.6 Å². The number of carbonyl (C=O) groups excluding carboxylic acids is 1. The van der Waals surface area contributed by atoms with Crippen molar-refractivity contribution in [3.63, 3.8) is 0 Å². The summed E-state index contributed by atoms with van der Waals surface area (Å²) in [6.45, 7) is 3.96. The van der Waals surface area contributed by atoms with Gasteiger partial charge < -0.3 is 5.73 Å². The number of halogens is 1. The summed E-state index contributed by atoms with van der Waals surface area (Å²) in [5, 5.41) is 10.6. The topological polar surface area (TPSA) is 107 Å². The third-order valence-corrected chi connectivity index (χ3v) is 3.30. The monoisotopic (exact) mass is 350 g/mol. The van der Waals surface area contributed by atoms with E-state index >= 15 is 0 Å². The quantitative estimate of drug-likeness (QED) is 0.872. The molecule has 0 aliphatic rings. The molecule has 0 bridgehead atoms. The molecule has 2 aromatic rings. The number of amides is 1. The number of hydrogen-bond donors (Lipinski definition) is 2. The first-order valence-electron chi connectivity index (χ1n) is 6.50. The molecule has 0 aromatic carbocycles. The molecule has 0 aliphatic carbocycles. The van der Waals surface area contributed by atoms with Crippen molar-refractivity contribution in [2.45, 2.75) is 26.7 Å². The molecule has 21 heavy (non-hydrogen) atoms. The lowest BCUT2D eigenvalue weighted by Crippen LogP contribution is -2.18. The fourth-order valence-electron chi connectivity index (χ4n) is 1.79. The Kier molecular flexibility index (Phi) is 4.79. The Balaban J connectivity index is 2.25. The number of nitrogens with one attached hydrogen (secondary N) is 1. The van der Waals surface area contributed by atoms with Crippen LogP contribution in [0.4, 0.5) is 11.8 Å². The van der Waals surface area contributed by atoms with Crippen molar-refractivity contribution in [1.29, 1.82) is 0 Å². The van der Waals surface area contributed by atoms with Crippen molar-refractivity contribution in [2.24, 2.45) is 0 Å². The number of aryl methyl sites for hydroxylation is 2. The van der Waals surface area contributed by atoms with Crippen LogP contribution in [0.2, 0.25) is 0 Å². The molecule has 0 atom stereocenters. The molecule has 8 heteroatoms. The standard InChI is InChI=1S/C13H15BrN6O/c1-3-9-10(4-2)19-20-13(17-9)18-12(21)8-5-7(14)6-16-11(8)15/h5-6H,3-4H2,1-2H3,(H2,15,16)(H,17,18,20,21). The lowest BCUT2D eigenvalue weighted by Gasteiger charge is -2.08. The number of nitrogen functional groups attached to an aromatic ring is 1. The zero-order valence-corrected chi connectivity index (χ0v) is 13.3. The minimum Gasteiger partial charge on any atom is -0.383 e. The number of rotatable bonds is 4. The van der Waals surface area contributed by atoms with E-state index in [4.69, 9.17) is 5.73 Å². The van der Waals surface area contributed by atoms with E-state index in [2.05, 4.69) is 41.4 Å². The number of pyridine rings is 1.